The van der Waals surface area contributed by atoms with Crippen molar-refractivity contribution >= 4 is 0 Å². The Morgan fingerprint density at radius 2 is 1.74 bits per heavy atom. The minimum absolute atomic E-state index is 0.899. The topological polar surface area (TPSA) is 21.3 Å². The molecule has 2 rings (SSSR count). The highest BCUT2D eigenvalue weighted by Gasteiger charge is 1.97. The second-order valence-electron chi connectivity index (χ2n) is 4.70. The zero-order valence-electron chi connectivity index (χ0n) is 11.6. The Hall–Kier alpha value is -1.80. The monoisotopic (exact) mass is 255 g/mol. The highest BCUT2D eigenvalue weighted by atomic mass is 16.5. The SMILES string of the molecule is COc1ccc(CNCCc2ccccc2C)cc1. The number of methoxy groups -OCH3 is 1. The van der Waals surface area contributed by atoms with E-state index in [2.05, 4.69) is 48.6 Å². The van der Waals surface area contributed by atoms with Gasteiger partial charge in [-0.15, -0.1) is 0 Å². The van der Waals surface area contributed by atoms with Crippen LogP contribution in [0.3, 0.4) is 0 Å². The molecule has 0 aromatic heterocycles. The molecule has 0 fully saturated rings. The summed E-state index contributed by atoms with van der Waals surface area (Å²) in [7, 11) is 1.69. The molecule has 2 nitrogen and oxygen atoms in total. The molecule has 100 valence electrons. The second kappa shape index (κ2) is 6.95. The van der Waals surface area contributed by atoms with E-state index in [9.17, 15) is 0 Å². The van der Waals surface area contributed by atoms with Crippen LogP contribution in [-0.2, 0) is 13.0 Å². The second-order valence-corrected chi connectivity index (χ2v) is 4.70. The first-order valence-corrected chi connectivity index (χ1v) is 6.68. The van der Waals surface area contributed by atoms with Gasteiger partial charge in [-0.1, -0.05) is 36.4 Å². The highest BCUT2D eigenvalue weighted by molar-refractivity contribution is 5.27. The van der Waals surface area contributed by atoms with Crippen LogP contribution in [0.1, 0.15) is 16.7 Å². The van der Waals surface area contributed by atoms with Crippen molar-refractivity contribution in [1.82, 2.24) is 5.32 Å². The largest absolute Gasteiger partial charge is 0.497 e. The Labute approximate surface area is 115 Å². The number of hydrogen-bond donors (Lipinski definition) is 1. The van der Waals surface area contributed by atoms with Crippen molar-refractivity contribution in [3.8, 4) is 5.75 Å². The zero-order chi connectivity index (χ0) is 13.5. The van der Waals surface area contributed by atoms with Crippen molar-refractivity contribution in [3.63, 3.8) is 0 Å². The summed E-state index contributed by atoms with van der Waals surface area (Å²) in [4.78, 5) is 0. The van der Waals surface area contributed by atoms with Crippen LogP contribution >= 0.6 is 0 Å². The van der Waals surface area contributed by atoms with E-state index in [0.717, 1.165) is 25.3 Å². The van der Waals surface area contributed by atoms with Gasteiger partial charge < -0.3 is 10.1 Å². The lowest BCUT2D eigenvalue weighted by Crippen LogP contribution is -2.16. The van der Waals surface area contributed by atoms with Gasteiger partial charge in [-0.3, -0.25) is 0 Å². The number of hydrogen-bond acceptors (Lipinski definition) is 2. The molecular weight excluding hydrogens is 234 g/mol. The molecular formula is C17H21NO. The van der Waals surface area contributed by atoms with E-state index in [1.54, 1.807) is 7.11 Å². The highest BCUT2D eigenvalue weighted by Crippen LogP contribution is 2.11. The van der Waals surface area contributed by atoms with Gasteiger partial charge in [-0.2, -0.15) is 0 Å². The first-order chi connectivity index (χ1) is 9.29. The molecule has 0 atom stereocenters. The molecule has 0 aliphatic heterocycles. The fourth-order valence-electron chi connectivity index (χ4n) is 2.09. The van der Waals surface area contributed by atoms with Gasteiger partial charge in [0.2, 0.25) is 0 Å². The van der Waals surface area contributed by atoms with Crippen molar-refractivity contribution in [1.29, 1.82) is 0 Å². The molecule has 0 saturated heterocycles. The van der Waals surface area contributed by atoms with Crippen LogP contribution in [0.2, 0.25) is 0 Å². The Balaban J connectivity index is 1.76. The molecule has 0 saturated carbocycles. The Bertz CT molecular complexity index is 505. The third kappa shape index (κ3) is 4.11. The Morgan fingerprint density at radius 1 is 1.00 bits per heavy atom. The number of aryl methyl sites for hydroxylation is 1. The molecule has 0 aliphatic carbocycles. The summed E-state index contributed by atoms with van der Waals surface area (Å²) in [6.07, 6.45) is 1.07. The van der Waals surface area contributed by atoms with E-state index in [0.29, 0.717) is 0 Å². The lowest BCUT2D eigenvalue weighted by molar-refractivity contribution is 0.414. The average molecular weight is 255 g/mol. The molecule has 0 bridgehead atoms. The summed E-state index contributed by atoms with van der Waals surface area (Å²) in [6, 6.07) is 16.7. The maximum Gasteiger partial charge on any atom is 0.118 e. The van der Waals surface area contributed by atoms with Crippen molar-refractivity contribution in [2.75, 3.05) is 13.7 Å². The van der Waals surface area contributed by atoms with Gasteiger partial charge >= 0.3 is 0 Å². The summed E-state index contributed by atoms with van der Waals surface area (Å²) < 4.78 is 5.15. The van der Waals surface area contributed by atoms with Crippen LogP contribution in [-0.4, -0.2) is 13.7 Å². The van der Waals surface area contributed by atoms with Crippen LogP contribution in [0.15, 0.2) is 48.5 Å². The molecule has 0 aliphatic rings. The van der Waals surface area contributed by atoms with E-state index < -0.39 is 0 Å². The molecule has 1 N–H and O–H groups in total. The summed E-state index contributed by atoms with van der Waals surface area (Å²) in [5.74, 6) is 0.906. The smallest absolute Gasteiger partial charge is 0.118 e. The maximum absolute atomic E-state index is 5.15. The van der Waals surface area contributed by atoms with Crippen LogP contribution in [0.5, 0.6) is 5.75 Å². The van der Waals surface area contributed by atoms with E-state index >= 15 is 0 Å². The summed E-state index contributed by atoms with van der Waals surface area (Å²) in [5, 5.41) is 3.47. The van der Waals surface area contributed by atoms with Crippen molar-refractivity contribution in [2.45, 2.75) is 19.9 Å². The van der Waals surface area contributed by atoms with Crippen molar-refractivity contribution in [3.05, 3.63) is 65.2 Å². The lowest BCUT2D eigenvalue weighted by Gasteiger charge is -2.08. The number of nitrogens with one attached hydrogen (secondary N) is 1. The van der Waals surface area contributed by atoms with Gasteiger partial charge in [-0.05, 0) is 48.7 Å². The molecule has 0 unspecified atom stereocenters. The zero-order valence-corrected chi connectivity index (χ0v) is 11.6. The fraction of sp³-hybridized carbons (Fsp3) is 0.294. The predicted molar refractivity (Wildman–Crippen MR) is 79.6 cm³/mol. The van der Waals surface area contributed by atoms with Gasteiger partial charge in [0.1, 0.15) is 5.75 Å². The normalized spacial score (nSPS) is 10.4. The van der Waals surface area contributed by atoms with Crippen LogP contribution < -0.4 is 10.1 Å². The van der Waals surface area contributed by atoms with Gasteiger partial charge in [0.05, 0.1) is 7.11 Å². The summed E-state index contributed by atoms with van der Waals surface area (Å²) in [5.41, 5.74) is 4.07. The Kier molecular flexibility index (Phi) is 4.99. The molecule has 0 heterocycles. The quantitative estimate of drug-likeness (QED) is 0.799. The Morgan fingerprint density at radius 3 is 2.42 bits per heavy atom. The van der Waals surface area contributed by atoms with Crippen molar-refractivity contribution in [2.24, 2.45) is 0 Å². The lowest BCUT2D eigenvalue weighted by atomic mass is 10.1. The van der Waals surface area contributed by atoms with E-state index in [1.165, 1.54) is 16.7 Å². The van der Waals surface area contributed by atoms with E-state index in [1.807, 2.05) is 12.1 Å². The predicted octanol–water partition coefficient (Wildman–Crippen LogP) is 3.34. The first kappa shape index (κ1) is 13.6. The third-order valence-electron chi connectivity index (χ3n) is 3.32. The van der Waals surface area contributed by atoms with Crippen LogP contribution in [0.4, 0.5) is 0 Å². The van der Waals surface area contributed by atoms with Gasteiger partial charge in [0.25, 0.3) is 0 Å². The molecule has 0 spiro atoms. The third-order valence-corrected chi connectivity index (χ3v) is 3.32. The minimum Gasteiger partial charge on any atom is -0.497 e. The minimum atomic E-state index is 0.899. The summed E-state index contributed by atoms with van der Waals surface area (Å²) in [6.45, 7) is 4.06. The number of benzene rings is 2. The van der Waals surface area contributed by atoms with Gasteiger partial charge in [-0.25, -0.2) is 0 Å². The fourth-order valence-corrected chi connectivity index (χ4v) is 2.09. The van der Waals surface area contributed by atoms with Crippen molar-refractivity contribution < 1.29 is 4.74 Å². The molecule has 19 heavy (non-hydrogen) atoms. The standard InChI is InChI=1S/C17H21NO/c1-14-5-3-4-6-16(14)11-12-18-13-15-7-9-17(19-2)10-8-15/h3-10,18H,11-13H2,1-2H3. The van der Waals surface area contributed by atoms with E-state index in [4.69, 9.17) is 4.74 Å². The summed E-state index contributed by atoms with van der Waals surface area (Å²) >= 11 is 0. The van der Waals surface area contributed by atoms with E-state index in [-0.39, 0.29) is 0 Å². The van der Waals surface area contributed by atoms with Crippen LogP contribution in [0, 0.1) is 6.92 Å². The van der Waals surface area contributed by atoms with Gasteiger partial charge in [0.15, 0.2) is 0 Å². The van der Waals surface area contributed by atoms with Crippen LogP contribution in [0.25, 0.3) is 0 Å². The maximum atomic E-state index is 5.15. The first-order valence-electron chi connectivity index (χ1n) is 6.68. The molecule has 2 aromatic carbocycles. The number of rotatable bonds is 6. The molecule has 2 aromatic rings. The van der Waals surface area contributed by atoms with Gasteiger partial charge in [0, 0.05) is 6.54 Å². The molecule has 0 amide bonds. The molecule has 0 radical (unpaired) electrons. The average Bonchev–Trinajstić information content (AvgIpc) is 2.46. The number of ether oxygens (including phenoxy) is 1. The molecule has 2 heteroatoms.